The van der Waals surface area contributed by atoms with E-state index in [-0.39, 0.29) is 24.0 Å². The summed E-state index contributed by atoms with van der Waals surface area (Å²) >= 11 is 1.75. The monoisotopic (exact) mass is 546 g/mol. The van der Waals surface area contributed by atoms with Crippen LogP contribution in [-0.4, -0.2) is 56.7 Å². The van der Waals surface area contributed by atoms with Crippen LogP contribution in [0.5, 0.6) is 11.5 Å². The molecule has 0 aliphatic carbocycles. The van der Waals surface area contributed by atoms with Crippen molar-refractivity contribution in [1.82, 2.24) is 15.2 Å². The molecular weight excluding hydrogens is 511 g/mol. The van der Waals surface area contributed by atoms with Crippen LogP contribution < -0.4 is 14.8 Å². The van der Waals surface area contributed by atoms with Crippen molar-refractivity contribution in [2.75, 3.05) is 40.9 Å². The highest BCUT2D eigenvalue weighted by Gasteiger charge is 2.08. The number of hydrogen-bond donors (Lipinski definition) is 1. The molecule has 0 atom stereocenters. The number of nitrogens with one attached hydrogen (secondary N) is 1. The Morgan fingerprint density at radius 1 is 1.17 bits per heavy atom. The molecule has 168 valence electrons. The van der Waals surface area contributed by atoms with E-state index in [1.54, 1.807) is 25.6 Å². The summed E-state index contributed by atoms with van der Waals surface area (Å²) in [4.78, 5) is 11.5. The number of aromatic nitrogens is 1. The Bertz CT molecular complexity index is 782. The molecule has 0 saturated heterocycles. The summed E-state index contributed by atoms with van der Waals surface area (Å²) in [6.45, 7) is 6.71. The molecule has 1 aromatic carbocycles. The molecule has 1 heterocycles. The van der Waals surface area contributed by atoms with E-state index < -0.39 is 0 Å². The van der Waals surface area contributed by atoms with Crippen molar-refractivity contribution >= 4 is 41.3 Å². The van der Waals surface area contributed by atoms with Gasteiger partial charge in [-0.05, 0) is 57.2 Å². The van der Waals surface area contributed by atoms with Crippen LogP contribution in [0.1, 0.15) is 36.0 Å². The third-order valence-corrected chi connectivity index (χ3v) is 5.63. The average Bonchev–Trinajstić information content (AvgIpc) is 3.15. The lowest BCUT2D eigenvalue weighted by Crippen LogP contribution is -2.40. The standard InChI is InChI=1S/C22H34N4O2S.HI/c1-6-23-22(24-13-8-7-9-21-25-17(2)16-29-21)26(3)14-12-18-10-11-19(27-4)20(15-18)28-5;/h10-11,15-16H,6-9,12-14H2,1-5H3,(H,23,24);1H. The molecule has 0 unspecified atom stereocenters. The van der Waals surface area contributed by atoms with E-state index in [2.05, 4.69) is 40.6 Å². The van der Waals surface area contributed by atoms with E-state index >= 15 is 0 Å². The van der Waals surface area contributed by atoms with Crippen LogP contribution in [0.15, 0.2) is 28.6 Å². The van der Waals surface area contributed by atoms with Crippen molar-refractivity contribution in [3.05, 3.63) is 39.8 Å². The van der Waals surface area contributed by atoms with Crippen LogP contribution in [0.2, 0.25) is 0 Å². The maximum Gasteiger partial charge on any atom is 0.193 e. The molecule has 0 aliphatic heterocycles. The van der Waals surface area contributed by atoms with E-state index in [1.165, 1.54) is 10.6 Å². The summed E-state index contributed by atoms with van der Waals surface area (Å²) in [7, 11) is 5.41. The second-order valence-corrected chi connectivity index (χ2v) is 7.88. The number of likely N-dealkylation sites (N-methyl/N-ethyl adjacent to an activating group) is 1. The number of aryl methyl sites for hydroxylation is 2. The quantitative estimate of drug-likeness (QED) is 0.194. The maximum atomic E-state index is 5.40. The highest BCUT2D eigenvalue weighted by atomic mass is 127. The van der Waals surface area contributed by atoms with Crippen molar-refractivity contribution < 1.29 is 9.47 Å². The van der Waals surface area contributed by atoms with Crippen molar-refractivity contribution in [3.8, 4) is 11.5 Å². The molecule has 2 aromatic rings. The first-order valence-electron chi connectivity index (χ1n) is 10.2. The van der Waals surface area contributed by atoms with Crippen LogP contribution in [-0.2, 0) is 12.8 Å². The number of unbranched alkanes of at least 4 members (excludes halogenated alkanes) is 1. The summed E-state index contributed by atoms with van der Waals surface area (Å²) in [5.41, 5.74) is 2.33. The minimum absolute atomic E-state index is 0. The van der Waals surface area contributed by atoms with Gasteiger partial charge in [0.05, 0.1) is 19.2 Å². The largest absolute Gasteiger partial charge is 0.493 e. The fourth-order valence-electron chi connectivity index (χ4n) is 3.00. The van der Waals surface area contributed by atoms with Crippen molar-refractivity contribution in [2.45, 2.75) is 39.5 Å². The number of hydrogen-bond acceptors (Lipinski definition) is 5. The molecule has 0 spiro atoms. The van der Waals surface area contributed by atoms with Gasteiger partial charge < -0.3 is 19.7 Å². The van der Waals surface area contributed by atoms with Gasteiger partial charge in [0.25, 0.3) is 0 Å². The molecule has 2 rings (SSSR count). The number of nitrogens with zero attached hydrogens (tertiary/aromatic N) is 3. The number of halogens is 1. The second-order valence-electron chi connectivity index (χ2n) is 6.94. The van der Waals surface area contributed by atoms with E-state index in [1.807, 2.05) is 19.1 Å². The lowest BCUT2D eigenvalue weighted by atomic mass is 10.1. The van der Waals surface area contributed by atoms with Crippen LogP contribution >= 0.6 is 35.3 Å². The number of aliphatic imine (C=N–C) groups is 1. The van der Waals surface area contributed by atoms with Gasteiger partial charge in [-0.2, -0.15) is 0 Å². The molecular formula is C22H35IN4O2S. The lowest BCUT2D eigenvalue weighted by Gasteiger charge is -2.22. The fraction of sp³-hybridized carbons (Fsp3) is 0.545. The summed E-state index contributed by atoms with van der Waals surface area (Å²) in [6.07, 6.45) is 4.13. The topological polar surface area (TPSA) is 59.0 Å². The maximum absolute atomic E-state index is 5.40. The molecule has 0 saturated carbocycles. The van der Waals surface area contributed by atoms with Gasteiger partial charge in [-0.25, -0.2) is 4.98 Å². The zero-order chi connectivity index (χ0) is 21.1. The SMILES string of the molecule is CCNC(=NCCCCc1nc(C)cs1)N(C)CCc1ccc(OC)c(OC)c1.I. The van der Waals surface area contributed by atoms with Gasteiger partial charge in [0.1, 0.15) is 0 Å². The van der Waals surface area contributed by atoms with Gasteiger partial charge in [0.15, 0.2) is 17.5 Å². The zero-order valence-corrected chi connectivity index (χ0v) is 21.9. The molecule has 1 N–H and O–H groups in total. The Kier molecular flexibility index (Phi) is 12.8. The predicted molar refractivity (Wildman–Crippen MR) is 137 cm³/mol. The number of thiazole rings is 1. The van der Waals surface area contributed by atoms with E-state index in [9.17, 15) is 0 Å². The summed E-state index contributed by atoms with van der Waals surface area (Å²) in [5.74, 6) is 2.48. The minimum Gasteiger partial charge on any atom is -0.493 e. The number of ether oxygens (including phenoxy) is 2. The number of benzene rings is 1. The Balaban J connectivity index is 0.00000450. The molecule has 0 fully saturated rings. The lowest BCUT2D eigenvalue weighted by molar-refractivity contribution is 0.354. The molecule has 0 amide bonds. The fourth-order valence-corrected chi connectivity index (χ4v) is 3.82. The van der Waals surface area contributed by atoms with Crippen LogP contribution in [0, 0.1) is 6.92 Å². The van der Waals surface area contributed by atoms with E-state index in [4.69, 9.17) is 14.5 Å². The highest BCUT2D eigenvalue weighted by Crippen LogP contribution is 2.27. The first-order valence-corrected chi connectivity index (χ1v) is 11.1. The highest BCUT2D eigenvalue weighted by molar-refractivity contribution is 14.0. The van der Waals surface area contributed by atoms with Crippen LogP contribution in [0.4, 0.5) is 0 Å². The normalized spacial score (nSPS) is 11.0. The Hall–Kier alpha value is -1.55. The third-order valence-electron chi connectivity index (χ3n) is 4.61. The van der Waals surface area contributed by atoms with Crippen LogP contribution in [0.3, 0.4) is 0 Å². The first-order chi connectivity index (χ1) is 14.1. The minimum atomic E-state index is 0. The van der Waals surface area contributed by atoms with E-state index in [0.717, 1.165) is 68.5 Å². The van der Waals surface area contributed by atoms with Gasteiger partial charge >= 0.3 is 0 Å². The first kappa shape index (κ1) is 26.5. The molecule has 30 heavy (non-hydrogen) atoms. The Morgan fingerprint density at radius 3 is 2.57 bits per heavy atom. The summed E-state index contributed by atoms with van der Waals surface area (Å²) < 4.78 is 10.7. The number of rotatable bonds is 11. The van der Waals surface area contributed by atoms with E-state index in [0.29, 0.717) is 0 Å². The number of guanidine groups is 1. The van der Waals surface area contributed by atoms with Gasteiger partial charge in [-0.15, -0.1) is 35.3 Å². The molecule has 0 radical (unpaired) electrons. The van der Waals surface area contributed by atoms with Crippen molar-refractivity contribution in [3.63, 3.8) is 0 Å². The molecule has 8 heteroatoms. The Morgan fingerprint density at radius 2 is 1.93 bits per heavy atom. The van der Waals surface area contributed by atoms with Crippen molar-refractivity contribution in [2.24, 2.45) is 4.99 Å². The zero-order valence-electron chi connectivity index (χ0n) is 18.7. The van der Waals surface area contributed by atoms with Crippen LogP contribution in [0.25, 0.3) is 0 Å². The average molecular weight is 547 g/mol. The smallest absolute Gasteiger partial charge is 0.193 e. The van der Waals surface area contributed by atoms with Gasteiger partial charge in [0, 0.05) is 37.8 Å². The molecule has 1 aromatic heterocycles. The third kappa shape index (κ3) is 8.67. The Labute approximate surface area is 202 Å². The number of methoxy groups -OCH3 is 2. The molecule has 0 bridgehead atoms. The molecule has 0 aliphatic rings. The van der Waals surface area contributed by atoms with Gasteiger partial charge in [-0.3, -0.25) is 4.99 Å². The van der Waals surface area contributed by atoms with Gasteiger partial charge in [-0.1, -0.05) is 6.07 Å². The summed E-state index contributed by atoms with van der Waals surface area (Å²) in [6, 6.07) is 6.08. The molecule has 6 nitrogen and oxygen atoms in total. The van der Waals surface area contributed by atoms with Gasteiger partial charge in [0.2, 0.25) is 0 Å². The van der Waals surface area contributed by atoms with Crippen molar-refractivity contribution in [1.29, 1.82) is 0 Å². The second kappa shape index (κ2) is 14.5. The predicted octanol–water partition coefficient (Wildman–Crippen LogP) is 4.55. The summed E-state index contributed by atoms with van der Waals surface area (Å²) in [5, 5.41) is 6.73.